The fourth-order valence-corrected chi connectivity index (χ4v) is 2.23. The molecular weight excluding hydrogens is 316 g/mol. The van der Waals surface area contributed by atoms with Crippen molar-refractivity contribution in [2.75, 3.05) is 11.1 Å². The fourth-order valence-electron chi connectivity index (χ4n) is 2.23. The summed E-state index contributed by atoms with van der Waals surface area (Å²) in [4.78, 5) is 4.40. The van der Waals surface area contributed by atoms with E-state index in [0.29, 0.717) is 33.9 Å². The molecule has 2 aromatic carbocycles. The van der Waals surface area contributed by atoms with Crippen molar-refractivity contribution in [3.63, 3.8) is 0 Å². The predicted octanol–water partition coefficient (Wildman–Crippen LogP) is 3.31. The summed E-state index contributed by atoms with van der Waals surface area (Å²) in [6.45, 7) is 0. The van der Waals surface area contributed by atoms with Crippen molar-refractivity contribution in [3.05, 3.63) is 53.7 Å². The third-order valence-electron chi connectivity index (χ3n) is 3.38. The molecule has 0 amide bonds. The largest absolute Gasteiger partial charge is 0.436 e. The number of hydrogen-bond acceptors (Lipinski definition) is 7. The molecule has 0 saturated heterocycles. The number of rotatable bonds is 3. The topological polar surface area (TPSA) is 135 Å². The number of fused-ring (bicyclic) bond motifs is 1. The van der Waals surface area contributed by atoms with E-state index in [-0.39, 0.29) is 11.3 Å². The second-order valence-corrected chi connectivity index (χ2v) is 5.04. The molecule has 7 heteroatoms. The van der Waals surface area contributed by atoms with Crippen LogP contribution in [0.2, 0.25) is 0 Å². The summed E-state index contributed by atoms with van der Waals surface area (Å²) in [5, 5.41) is 29.6. The molecule has 0 fully saturated rings. The lowest BCUT2D eigenvalue weighted by Gasteiger charge is -2.05. The minimum atomic E-state index is -0.287. The first-order chi connectivity index (χ1) is 12.1. The SMILES string of the molecule is N#CC(C#N)=C(C#N)Nc1cccc(-c2nc3cc(N)ccc3o2)c1. The zero-order valence-electron chi connectivity index (χ0n) is 12.8. The second-order valence-electron chi connectivity index (χ2n) is 5.04. The van der Waals surface area contributed by atoms with Gasteiger partial charge in [-0.05, 0) is 36.4 Å². The predicted molar refractivity (Wildman–Crippen MR) is 91.3 cm³/mol. The summed E-state index contributed by atoms with van der Waals surface area (Å²) < 4.78 is 5.71. The Bertz CT molecular complexity index is 1100. The Morgan fingerprint density at radius 1 is 1.04 bits per heavy atom. The Morgan fingerprint density at radius 2 is 1.84 bits per heavy atom. The first-order valence-corrected chi connectivity index (χ1v) is 7.12. The van der Waals surface area contributed by atoms with Gasteiger partial charge in [0.15, 0.2) is 11.2 Å². The lowest BCUT2D eigenvalue weighted by Crippen LogP contribution is -2.00. The number of nitrogens with zero attached hydrogens (tertiary/aromatic N) is 4. The molecule has 0 unspecified atom stereocenters. The van der Waals surface area contributed by atoms with Gasteiger partial charge in [0.25, 0.3) is 0 Å². The maximum atomic E-state index is 9.11. The minimum Gasteiger partial charge on any atom is -0.436 e. The van der Waals surface area contributed by atoms with Gasteiger partial charge in [-0.25, -0.2) is 4.98 Å². The van der Waals surface area contributed by atoms with Crippen molar-refractivity contribution in [2.45, 2.75) is 0 Å². The van der Waals surface area contributed by atoms with Gasteiger partial charge in [-0.1, -0.05) is 6.07 Å². The van der Waals surface area contributed by atoms with Gasteiger partial charge >= 0.3 is 0 Å². The molecule has 0 bridgehead atoms. The molecule has 0 saturated carbocycles. The Labute approximate surface area is 142 Å². The zero-order chi connectivity index (χ0) is 17.8. The quantitative estimate of drug-likeness (QED) is 0.556. The van der Waals surface area contributed by atoms with Crippen molar-refractivity contribution in [1.29, 1.82) is 15.8 Å². The van der Waals surface area contributed by atoms with E-state index in [1.54, 1.807) is 54.6 Å². The van der Waals surface area contributed by atoms with Crippen LogP contribution in [0.25, 0.3) is 22.6 Å². The number of aromatic nitrogens is 1. The van der Waals surface area contributed by atoms with E-state index in [1.807, 2.05) is 6.07 Å². The van der Waals surface area contributed by atoms with Gasteiger partial charge in [0.2, 0.25) is 5.89 Å². The number of allylic oxidation sites excluding steroid dienone is 2. The number of nitrogens with one attached hydrogen (secondary N) is 1. The van der Waals surface area contributed by atoms with E-state index in [1.165, 1.54) is 0 Å². The molecule has 3 aromatic rings. The number of oxazole rings is 1. The molecule has 0 aliphatic rings. The highest BCUT2D eigenvalue weighted by Gasteiger charge is 2.11. The number of nitrogen functional groups attached to an aromatic ring is 1. The van der Waals surface area contributed by atoms with Crippen molar-refractivity contribution < 1.29 is 4.42 Å². The Balaban J connectivity index is 1.99. The highest BCUT2D eigenvalue weighted by atomic mass is 16.3. The molecule has 7 nitrogen and oxygen atoms in total. The molecule has 1 heterocycles. The second kappa shape index (κ2) is 6.45. The van der Waals surface area contributed by atoms with Gasteiger partial charge in [0.05, 0.1) is 0 Å². The summed E-state index contributed by atoms with van der Waals surface area (Å²) in [5.41, 5.74) is 8.37. The average molecular weight is 326 g/mol. The maximum absolute atomic E-state index is 9.11. The molecule has 1 aromatic heterocycles. The summed E-state index contributed by atoms with van der Waals surface area (Å²) in [6, 6.07) is 17.3. The Morgan fingerprint density at radius 3 is 2.56 bits per heavy atom. The highest BCUT2D eigenvalue weighted by molar-refractivity contribution is 5.80. The standard InChI is InChI=1S/C18H10N6O/c19-8-12(9-20)16(10-21)23-14-3-1-2-11(6-14)18-24-15-7-13(22)4-5-17(15)25-18/h1-7,23H,22H2. The number of nitrogens with two attached hydrogens (primary N) is 1. The maximum Gasteiger partial charge on any atom is 0.227 e. The molecule has 0 spiro atoms. The molecule has 0 radical (unpaired) electrons. The van der Waals surface area contributed by atoms with Crippen LogP contribution in [0.3, 0.4) is 0 Å². The van der Waals surface area contributed by atoms with Crippen molar-refractivity contribution >= 4 is 22.5 Å². The molecule has 25 heavy (non-hydrogen) atoms. The van der Waals surface area contributed by atoms with Crippen LogP contribution >= 0.6 is 0 Å². The third kappa shape index (κ3) is 3.10. The van der Waals surface area contributed by atoms with E-state index >= 15 is 0 Å². The lowest BCUT2D eigenvalue weighted by atomic mass is 10.2. The van der Waals surface area contributed by atoms with Crippen molar-refractivity contribution in [2.24, 2.45) is 0 Å². The van der Waals surface area contributed by atoms with Crippen LogP contribution in [0.4, 0.5) is 11.4 Å². The molecule has 118 valence electrons. The van der Waals surface area contributed by atoms with Crippen LogP contribution in [0.1, 0.15) is 0 Å². The number of benzene rings is 2. The third-order valence-corrected chi connectivity index (χ3v) is 3.38. The fraction of sp³-hybridized carbons (Fsp3) is 0. The van der Waals surface area contributed by atoms with Gasteiger partial charge in [-0.2, -0.15) is 15.8 Å². The summed E-state index contributed by atoms with van der Waals surface area (Å²) in [6.07, 6.45) is 0. The number of anilines is 2. The Kier molecular flexibility index (Phi) is 4.03. The van der Waals surface area contributed by atoms with Crippen LogP contribution < -0.4 is 11.1 Å². The zero-order valence-corrected chi connectivity index (χ0v) is 12.8. The summed E-state index contributed by atoms with van der Waals surface area (Å²) in [5.74, 6) is 0.396. The van der Waals surface area contributed by atoms with Crippen LogP contribution in [0, 0.1) is 34.0 Å². The van der Waals surface area contributed by atoms with E-state index in [0.717, 1.165) is 0 Å². The van der Waals surface area contributed by atoms with E-state index in [4.69, 9.17) is 25.9 Å². The molecule has 3 rings (SSSR count). The first-order valence-electron chi connectivity index (χ1n) is 7.12. The van der Waals surface area contributed by atoms with Crippen molar-refractivity contribution in [3.8, 4) is 29.7 Å². The smallest absolute Gasteiger partial charge is 0.227 e. The van der Waals surface area contributed by atoms with Gasteiger partial charge in [0.1, 0.15) is 29.4 Å². The Hall–Kier alpha value is -4.28. The van der Waals surface area contributed by atoms with Crippen LogP contribution in [0.15, 0.2) is 58.2 Å². The highest BCUT2D eigenvalue weighted by Crippen LogP contribution is 2.27. The molecule has 0 aliphatic heterocycles. The van der Waals surface area contributed by atoms with Crippen LogP contribution in [-0.4, -0.2) is 4.98 Å². The summed E-state index contributed by atoms with van der Waals surface area (Å²) >= 11 is 0. The molecule has 0 atom stereocenters. The van der Waals surface area contributed by atoms with Gasteiger partial charge in [0, 0.05) is 16.9 Å². The minimum absolute atomic E-state index is 0.118. The molecular formula is C18H10N6O. The molecule has 0 aliphatic carbocycles. The van der Waals surface area contributed by atoms with Crippen molar-refractivity contribution in [1.82, 2.24) is 4.98 Å². The number of hydrogen-bond donors (Lipinski definition) is 2. The normalized spacial score (nSPS) is 9.64. The van der Waals surface area contributed by atoms with Crippen LogP contribution in [0.5, 0.6) is 0 Å². The van der Waals surface area contributed by atoms with Gasteiger partial charge in [-0.15, -0.1) is 0 Å². The molecule has 3 N–H and O–H groups in total. The lowest BCUT2D eigenvalue weighted by molar-refractivity contribution is 0.620. The van der Waals surface area contributed by atoms with E-state index < -0.39 is 0 Å². The van der Waals surface area contributed by atoms with Gasteiger partial charge < -0.3 is 15.5 Å². The van der Waals surface area contributed by atoms with E-state index in [9.17, 15) is 0 Å². The van der Waals surface area contributed by atoms with Gasteiger partial charge in [-0.3, -0.25) is 0 Å². The monoisotopic (exact) mass is 326 g/mol. The average Bonchev–Trinajstić information content (AvgIpc) is 3.05. The number of nitriles is 3. The summed E-state index contributed by atoms with van der Waals surface area (Å²) in [7, 11) is 0. The van der Waals surface area contributed by atoms with E-state index in [2.05, 4.69) is 10.3 Å². The van der Waals surface area contributed by atoms with Crippen LogP contribution in [-0.2, 0) is 0 Å². The first kappa shape index (κ1) is 15.6.